The van der Waals surface area contributed by atoms with Crippen LogP contribution in [0.15, 0.2) is 48.5 Å². The van der Waals surface area contributed by atoms with Gasteiger partial charge in [0, 0.05) is 10.4 Å². The van der Waals surface area contributed by atoms with E-state index in [1.54, 1.807) is 48.5 Å². The highest BCUT2D eigenvalue weighted by Gasteiger charge is 2.19. The highest BCUT2D eigenvalue weighted by Crippen LogP contribution is 2.29. The van der Waals surface area contributed by atoms with Crippen molar-refractivity contribution in [3.05, 3.63) is 59.1 Å². The first-order valence-electron chi connectivity index (χ1n) is 6.07. The molecule has 3 aromatic rings. The Labute approximate surface area is 124 Å². The van der Waals surface area contributed by atoms with Crippen molar-refractivity contribution in [2.75, 3.05) is 0 Å². The molecule has 21 heavy (non-hydrogen) atoms. The van der Waals surface area contributed by atoms with Crippen molar-refractivity contribution in [2.45, 2.75) is 0 Å². The van der Waals surface area contributed by atoms with Crippen molar-refractivity contribution in [3.63, 3.8) is 0 Å². The molecule has 104 valence electrons. The predicted octanol–water partition coefficient (Wildman–Crippen LogP) is 3.77. The van der Waals surface area contributed by atoms with Crippen LogP contribution in [0.3, 0.4) is 0 Å². The second kappa shape index (κ2) is 5.38. The Morgan fingerprint density at radius 2 is 1.90 bits per heavy atom. The minimum Gasteiger partial charge on any atom is -0.477 e. The molecular weight excluding hydrogens is 292 g/mol. The molecule has 6 heteroatoms. The van der Waals surface area contributed by atoms with Gasteiger partial charge in [-0.3, -0.25) is 0 Å². The van der Waals surface area contributed by atoms with Gasteiger partial charge in [0.25, 0.3) is 5.88 Å². The van der Waals surface area contributed by atoms with E-state index in [2.05, 4.69) is 10.2 Å². The third kappa shape index (κ3) is 2.64. The SMILES string of the molecule is O=C(O)c1c(Oc2cccc(Cl)c2)nnc2ccccc12. The number of aromatic carboxylic acids is 1. The Bertz CT molecular complexity index is 836. The molecule has 0 radical (unpaired) electrons. The zero-order valence-electron chi connectivity index (χ0n) is 10.7. The van der Waals surface area contributed by atoms with Crippen LogP contribution in [-0.4, -0.2) is 21.3 Å². The van der Waals surface area contributed by atoms with Gasteiger partial charge in [0.1, 0.15) is 11.3 Å². The minimum atomic E-state index is -1.13. The van der Waals surface area contributed by atoms with Gasteiger partial charge in [-0.05, 0) is 24.3 Å². The maximum Gasteiger partial charge on any atom is 0.342 e. The van der Waals surface area contributed by atoms with Gasteiger partial charge in [-0.25, -0.2) is 4.79 Å². The summed E-state index contributed by atoms with van der Waals surface area (Å²) >= 11 is 5.88. The van der Waals surface area contributed by atoms with Crippen molar-refractivity contribution in [3.8, 4) is 11.6 Å². The second-order valence-corrected chi connectivity index (χ2v) is 4.70. The Morgan fingerprint density at radius 3 is 2.67 bits per heavy atom. The molecule has 0 amide bonds. The predicted molar refractivity (Wildman–Crippen MR) is 78.0 cm³/mol. The summed E-state index contributed by atoms with van der Waals surface area (Å²) in [4.78, 5) is 11.5. The fraction of sp³-hybridized carbons (Fsp3) is 0. The second-order valence-electron chi connectivity index (χ2n) is 4.26. The van der Waals surface area contributed by atoms with Crippen molar-refractivity contribution < 1.29 is 14.6 Å². The number of carbonyl (C=O) groups is 1. The average Bonchev–Trinajstić information content (AvgIpc) is 2.46. The average molecular weight is 301 g/mol. The van der Waals surface area contributed by atoms with E-state index in [-0.39, 0.29) is 11.4 Å². The molecule has 2 aromatic carbocycles. The maximum absolute atomic E-state index is 11.5. The summed E-state index contributed by atoms with van der Waals surface area (Å²) in [5, 5.41) is 18.2. The number of halogens is 1. The molecule has 1 aromatic heterocycles. The lowest BCUT2D eigenvalue weighted by Crippen LogP contribution is -2.05. The van der Waals surface area contributed by atoms with Gasteiger partial charge in [0.05, 0.1) is 5.52 Å². The summed E-state index contributed by atoms with van der Waals surface area (Å²) in [5.74, 6) is -0.795. The largest absolute Gasteiger partial charge is 0.477 e. The Hall–Kier alpha value is -2.66. The number of nitrogens with zero attached hydrogens (tertiary/aromatic N) is 2. The molecule has 0 atom stereocenters. The molecule has 0 spiro atoms. The lowest BCUT2D eigenvalue weighted by Gasteiger charge is -2.09. The van der Waals surface area contributed by atoms with Crippen LogP contribution in [-0.2, 0) is 0 Å². The Morgan fingerprint density at radius 1 is 1.10 bits per heavy atom. The first-order chi connectivity index (χ1) is 10.1. The van der Waals surface area contributed by atoms with E-state index >= 15 is 0 Å². The van der Waals surface area contributed by atoms with Crippen LogP contribution < -0.4 is 4.74 Å². The number of ether oxygens (including phenoxy) is 1. The molecule has 0 aliphatic heterocycles. The highest BCUT2D eigenvalue weighted by molar-refractivity contribution is 6.30. The third-order valence-electron chi connectivity index (χ3n) is 2.86. The molecule has 0 bridgehead atoms. The van der Waals surface area contributed by atoms with Crippen LogP contribution in [0.2, 0.25) is 5.02 Å². The quantitative estimate of drug-likeness (QED) is 0.797. The molecule has 0 saturated carbocycles. The number of benzene rings is 2. The maximum atomic E-state index is 11.5. The number of fused-ring (bicyclic) bond motifs is 1. The fourth-order valence-corrected chi connectivity index (χ4v) is 2.14. The smallest absolute Gasteiger partial charge is 0.342 e. The number of aromatic nitrogens is 2. The van der Waals surface area contributed by atoms with Crippen LogP contribution in [0.4, 0.5) is 0 Å². The summed E-state index contributed by atoms with van der Waals surface area (Å²) in [6.07, 6.45) is 0. The molecule has 0 aliphatic carbocycles. The van der Waals surface area contributed by atoms with Crippen molar-refractivity contribution in [2.24, 2.45) is 0 Å². The van der Waals surface area contributed by atoms with Crippen LogP contribution in [0, 0.1) is 0 Å². The van der Waals surface area contributed by atoms with E-state index in [4.69, 9.17) is 16.3 Å². The molecule has 0 fully saturated rings. The van der Waals surface area contributed by atoms with E-state index in [0.29, 0.717) is 21.7 Å². The zero-order chi connectivity index (χ0) is 14.8. The lowest BCUT2D eigenvalue weighted by molar-refractivity contribution is 0.0695. The first kappa shape index (κ1) is 13.3. The van der Waals surface area contributed by atoms with Crippen LogP contribution in [0.25, 0.3) is 10.9 Å². The summed E-state index contributed by atoms with van der Waals surface area (Å²) in [7, 11) is 0. The van der Waals surface area contributed by atoms with Crippen LogP contribution >= 0.6 is 11.6 Å². The summed E-state index contributed by atoms with van der Waals surface area (Å²) in [6, 6.07) is 13.5. The standard InChI is InChI=1S/C15H9ClN2O3/c16-9-4-3-5-10(8-9)21-14-13(15(19)20)11-6-1-2-7-12(11)17-18-14/h1-8H,(H,19,20). The van der Waals surface area contributed by atoms with Gasteiger partial charge in [0.2, 0.25) is 0 Å². The molecule has 0 saturated heterocycles. The van der Waals surface area contributed by atoms with E-state index in [9.17, 15) is 9.90 Å². The summed E-state index contributed by atoms with van der Waals surface area (Å²) in [6.45, 7) is 0. The number of hydrogen-bond donors (Lipinski definition) is 1. The molecule has 1 N–H and O–H groups in total. The van der Waals surface area contributed by atoms with Gasteiger partial charge in [0.15, 0.2) is 0 Å². The summed E-state index contributed by atoms with van der Waals surface area (Å²) in [5.41, 5.74) is 0.467. The van der Waals surface area contributed by atoms with Crippen LogP contribution in [0.5, 0.6) is 11.6 Å². The monoisotopic (exact) mass is 300 g/mol. The fourth-order valence-electron chi connectivity index (χ4n) is 1.96. The van der Waals surface area contributed by atoms with E-state index in [1.165, 1.54) is 0 Å². The molecule has 0 unspecified atom stereocenters. The molecular formula is C15H9ClN2O3. The van der Waals surface area contributed by atoms with Gasteiger partial charge in [-0.1, -0.05) is 35.9 Å². The molecule has 5 nitrogen and oxygen atoms in total. The number of hydrogen-bond acceptors (Lipinski definition) is 4. The topological polar surface area (TPSA) is 72.3 Å². The zero-order valence-corrected chi connectivity index (χ0v) is 11.4. The van der Waals surface area contributed by atoms with Crippen molar-refractivity contribution in [1.82, 2.24) is 10.2 Å². The number of carboxylic acid groups (broad SMARTS) is 1. The van der Waals surface area contributed by atoms with E-state index in [1.807, 2.05) is 0 Å². The number of rotatable bonds is 3. The van der Waals surface area contributed by atoms with E-state index < -0.39 is 5.97 Å². The van der Waals surface area contributed by atoms with Gasteiger partial charge < -0.3 is 9.84 Å². The van der Waals surface area contributed by atoms with Crippen molar-refractivity contribution >= 4 is 28.5 Å². The van der Waals surface area contributed by atoms with Gasteiger partial charge in [-0.2, -0.15) is 0 Å². The Kier molecular flexibility index (Phi) is 3.41. The van der Waals surface area contributed by atoms with Gasteiger partial charge >= 0.3 is 5.97 Å². The minimum absolute atomic E-state index is 0.0272. The Balaban J connectivity index is 2.14. The normalized spacial score (nSPS) is 10.5. The highest BCUT2D eigenvalue weighted by atomic mass is 35.5. The lowest BCUT2D eigenvalue weighted by atomic mass is 10.1. The van der Waals surface area contributed by atoms with Gasteiger partial charge in [-0.15, -0.1) is 10.2 Å². The summed E-state index contributed by atoms with van der Waals surface area (Å²) < 4.78 is 5.52. The van der Waals surface area contributed by atoms with Crippen LogP contribution in [0.1, 0.15) is 10.4 Å². The first-order valence-corrected chi connectivity index (χ1v) is 6.45. The molecule has 0 aliphatic rings. The van der Waals surface area contributed by atoms with E-state index in [0.717, 1.165) is 0 Å². The third-order valence-corrected chi connectivity index (χ3v) is 3.10. The molecule has 3 rings (SSSR count). The number of carboxylic acids is 1. The van der Waals surface area contributed by atoms with Crippen molar-refractivity contribution in [1.29, 1.82) is 0 Å². The molecule has 1 heterocycles.